The monoisotopic (exact) mass is 550 g/mol. The molecule has 0 fully saturated rings. The number of nitrogens with two attached hydrogens (primary N) is 1. The number of aromatic nitrogens is 2. The van der Waals surface area contributed by atoms with Crippen LogP contribution < -0.4 is 30.3 Å². The van der Waals surface area contributed by atoms with E-state index < -0.39 is 0 Å². The van der Waals surface area contributed by atoms with Crippen molar-refractivity contribution in [2.75, 3.05) is 35.1 Å². The number of nitrogen functional groups attached to an aromatic ring is 1. The minimum Gasteiger partial charge on any atom is -0.495 e. The van der Waals surface area contributed by atoms with Crippen LogP contribution in [0, 0.1) is 0 Å². The Morgan fingerprint density at radius 2 is 1.66 bits per heavy atom. The molecule has 0 spiro atoms. The maximum atomic E-state index is 14.1. The summed E-state index contributed by atoms with van der Waals surface area (Å²) in [6.45, 7) is 0.381. The minimum atomic E-state index is -0.371. The molecule has 0 unspecified atom stereocenters. The summed E-state index contributed by atoms with van der Waals surface area (Å²) in [7, 11) is 2.96. The molecule has 3 N–H and O–H groups in total. The number of halogens is 2. The summed E-state index contributed by atoms with van der Waals surface area (Å²) in [5.41, 5.74) is 9.17. The van der Waals surface area contributed by atoms with Crippen molar-refractivity contribution < 1.29 is 14.3 Å². The van der Waals surface area contributed by atoms with E-state index in [1.807, 2.05) is 48.5 Å². The predicted octanol–water partition coefficient (Wildman–Crippen LogP) is 6.27. The van der Waals surface area contributed by atoms with Crippen LogP contribution in [0.3, 0.4) is 0 Å². The highest BCUT2D eigenvalue weighted by atomic mass is 35.5. The van der Waals surface area contributed by atoms with Crippen LogP contribution in [0.2, 0.25) is 10.0 Å². The van der Waals surface area contributed by atoms with Crippen molar-refractivity contribution >= 4 is 58.1 Å². The normalized spacial score (nSPS) is 12.8. The molecular weight excluding hydrogens is 527 g/mol. The quantitative estimate of drug-likeness (QED) is 0.261. The summed E-state index contributed by atoms with van der Waals surface area (Å²) in [6.07, 6.45) is 1.67. The van der Waals surface area contributed by atoms with E-state index >= 15 is 0 Å². The molecule has 0 radical (unpaired) electrons. The van der Waals surface area contributed by atoms with Crippen LogP contribution in [-0.4, -0.2) is 30.2 Å². The topological polar surface area (TPSA) is 106 Å². The van der Waals surface area contributed by atoms with E-state index in [0.717, 1.165) is 5.56 Å². The number of nitrogens with one attached hydrogen (secondary N) is 1. The van der Waals surface area contributed by atoms with Crippen molar-refractivity contribution in [3.8, 4) is 11.5 Å². The van der Waals surface area contributed by atoms with E-state index in [9.17, 15) is 4.79 Å². The number of rotatable bonds is 7. The molecule has 0 atom stereocenters. The number of amides is 2. The van der Waals surface area contributed by atoms with E-state index in [2.05, 4.69) is 10.3 Å². The predicted molar refractivity (Wildman–Crippen MR) is 150 cm³/mol. The molecule has 1 aromatic heterocycles. The zero-order valence-electron chi connectivity index (χ0n) is 20.6. The van der Waals surface area contributed by atoms with E-state index in [-0.39, 0.29) is 34.9 Å². The van der Waals surface area contributed by atoms with Gasteiger partial charge in [-0.1, -0.05) is 65.7 Å². The first-order valence-corrected chi connectivity index (χ1v) is 12.4. The van der Waals surface area contributed by atoms with Gasteiger partial charge in [0.2, 0.25) is 5.95 Å². The van der Waals surface area contributed by atoms with Crippen LogP contribution in [0.25, 0.3) is 0 Å². The fourth-order valence-corrected chi connectivity index (χ4v) is 4.91. The van der Waals surface area contributed by atoms with Gasteiger partial charge in [0.05, 0.1) is 44.4 Å². The fourth-order valence-electron chi connectivity index (χ4n) is 4.20. The first kappa shape index (κ1) is 25.4. The minimum absolute atomic E-state index is 0.128. The molecule has 2 heterocycles. The zero-order chi connectivity index (χ0) is 26.8. The van der Waals surface area contributed by atoms with Crippen LogP contribution in [0.4, 0.5) is 33.6 Å². The smallest absolute Gasteiger partial charge is 0.330 e. The number of anilines is 5. The fraction of sp³-hybridized carbons (Fsp3) is 0.148. The van der Waals surface area contributed by atoms with Gasteiger partial charge in [-0.05, 0) is 17.7 Å². The molecule has 38 heavy (non-hydrogen) atoms. The number of ether oxygens (including phenoxy) is 2. The number of benzene rings is 3. The third kappa shape index (κ3) is 4.73. The van der Waals surface area contributed by atoms with Crippen molar-refractivity contribution in [1.29, 1.82) is 0 Å². The van der Waals surface area contributed by atoms with Gasteiger partial charge in [-0.15, -0.1) is 0 Å². The molecule has 11 heteroatoms. The van der Waals surface area contributed by atoms with Crippen LogP contribution >= 0.6 is 23.2 Å². The van der Waals surface area contributed by atoms with Crippen LogP contribution in [0.5, 0.6) is 11.5 Å². The van der Waals surface area contributed by atoms with Gasteiger partial charge in [0.15, 0.2) is 0 Å². The summed E-state index contributed by atoms with van der Waals surface area (Å²) in [4.78, 5) is 26.3. The van der Waals surface area contributed by atoms with Crippen LogP contribution in [0.1, 0.15) is 11.1 Å². The summed E-state index contributed by atoms with van der Waals surface area (Å²) in [6, 6.07) is 18.1. The lowest BCUT2D eigenvalue weighted by atomic mass is 10.1. The maximum absolute atomic E-state index is 14.1. The Hall–Kier alpha value is -4.21. The molecule has 0 saturated heterocycles. The molecule has 194 valence electrons. The van der Waals surface area contributed by atoms with Gasteiger partial charge < -0.3 is 20.5 Å². The third-order valence-electron chi connectivity index (χ3n) is 6.10. The van der Waals surface area contributed by atoms with Gasteiger partial charge in [0, 0.05) is 17.8 Å². The number of carbonyl (C=O) groups is 1. The van der Waals surface area contributed by atoms with Gasteiger partial charge >= 0.3 is 6.03 Å². The number of hydrogen-bond acceptors (Lipinski definition) is 7. The first-order chi connectivity index (χ1) is 18.4. The lowest BCUT2D eigenvalue weighted by molar-refractivity contribution is 0.249. The largest absolute Gasteiger partial charge is 0.495 e. The Labute approximate surface area is 229 Å². The standard InChI is InChI=1S/C27H24Cl2N6O3/c1-37-20-12-21(38-2)23(29)24(22(20)28)34-15-17-13-31-26(32-19-11-7-6-10-18(19)30)33-25(17)35(27(34)36)14-16-8-4-3-5-9-16/h3-13H,14-15,30H2,1-2H3,(H,31,32,33). The summed E-state index contributed by atoms with van der Waals surface area (Å²) in [5, 5.41) is 3.52. The number of carbonyl (C=O) groups excluding carboxylic acids is 1. The van der Waals surface area contributed by atoms with Crippen molar-refractivity contribution in [1.82, 2.24) is 9.97 Å². The van der Waals surface area contributed by atoms with Crippen molar-refractivity contribution in [2.24, 2.45) is 0 Å². The summed E-state index contributed by atoms with van der Waals surface area (Å²) < 4.78 is 10.8. The number of hydrogen-bond donors (Lipinski definition) is 2. The lowest BCUT2D eigenvalue weighted by Gasteiger charge is -2.37. The lowest BCUT2D eigenvalue weighted by Crippen LogP contribution is -2.47. The first-order valence-electron chi connectivity index (χ1n) is 11.6. The molecule has 2 amide bonds. The Bertz CT molecular complexity index is 1470. The molecule has 3 aromatic carbocycles. The summed E-state index contributed by atoms with van der Waals surface area (Å²) in [5.74, 6) is 1.42. The van der Waals surface area contributed by atoms with Gasteiger partial charge in [0.25, 0.3) is 0 Å². The van der Waals surface area contributed by atoms with E-state index in [1.54, 1.807) is 23.2 Å². The average Bonchev–Trinajstić information content (AvgIpc) is 2.93. The Morgan fingerprint density at radius 1 is 1.00 bits per heavy atom. The zero-order valence-corrected chi connectivity index (χ0v) is 22.1. The molecule has 5 rings (SSSR count). The van der Waals surface area contributed by atoms with Gasteiger partial charge in [0.1, 0.15) is 27.4 Å². The molecule has 9 nitrogen and oxygen atoms in total. The Balaban J connectivity index is 1.61. The molecular formula is C27H24Cl2N6O3. The van der Waals surface area contributed by atoms with Gasteiger partial charge in [-0.3, -0.25) is 9.80 Å². The van der Waals surface area contributed by atoms with E-state index in [1.165, 1.54) is 19.1 Å². The van der Waals surface area contributed by atoms with E-state index in [0.29, 0.717) is 40.2 Å². The summed E-state index contributed by atoms with van der Waals surface area (Å²) >= 11 is 13.4. The third-order valence-corrected chi connectivity index (χ3v) is 6.83. The Kier molecular flexibility index (Phi) is 7.13. The van der Waals surface area contributed by atoms with Gasteiger partial charge in [-0.2, -0.15) is 4.98 Å². The van der Waals surface area contributed by atoms with Gasteiger partial charge in [-0.25, -0.2) is 9.78 Å². The second kappa shape index (κ2) is 10.6. The maximum Gasteiger partial charge on any atom is 0.330 e. The number of para-hydroxylation sites is 2. The molecule has 0 bridgehead atoms. The number of fused-ring (bicyclic) bond motifs is 1. The molecule has 4 aromatic rings. The van der Waals surface area contributed by atoms with Crippen molar-refractivity contribution in [3.63, 3.8) is 0 Å². The number of nitrogens with zero attached hydrogens (tertiary/aromatic N) is 4. The van der Waals surface area contributed by atoms with E-state index in [4.69, 9.17) is 43.4 Å². The molecule has 0 aliphatic carbocycles. The highest BCUT2D eigenvalue weighted by Crippen LogP contribution is 2.48. The van der Waals surface area contributed by atoms with Crippen molar-refractivity contribution in [3.05, 3.63) is 88.0 Å². The second-order valence-electron chi connectivity index (χ2n) is 8.45. The Morgan fingerprint density at radius 3 is 2.32 bits per heavy atom. The molecule has 1 aliphatic heterocycles. The highest BCUT2D eigenvalue weighted by Gasteiger charge is 2.36. The number of urea groups is 1. The highest BCUT2D eigenvalue weighted by molar-refractivity contribution is 6.42. The van der Waals surface area contributed by atoms with Crippen molar-refractivity contribution in [2.45, 2.75) is 13.1 Å². The van der Waals surface area contributed by atoms with Crippen LogP contribution in [0.15, 0.2) is 66.9 Å². The molecule has 1 aliphatic rings. The molecule has 0 saturated carbocycles. The number of methoxy groups -OCH3 is 2. The second-order valence-corrected chi connectivity index (χ2v) is 9.21. The average molecular weight is 551 g/mol. The SMILES string of the molecule is COc1cc(OC)c(Cl)c(N2Cc3cnc(Nc4ccccc4N)nc3N(Cc3ccccc3)C2=O)c1Cl. The van der Waals surface area contributed by atoms with Crippen LogP contribution in [-0.2, 0) is 13.1 Å².